The van der Waals surface area contributed by atoms with E-state index >= 15 is 0 Å². The fraction of sp³-hybridized carbons (Fsp3) is 0.462. The highest BCUT2D eigenvalue weighted by Crippen LogP contribution is 2.45. The molecule has 0 aliphatic carbocycles. The number of amides is 1. The van der Waals surface area contributed by atoms with Gasteiger partial charge in [-0.3, -0.25) is 4.79 Å². The van der Waals surface area contributed by atoms with Crippen LogP contribution in [-0.2, 0) is 4.79 Å². The van der Waals surface area contributed by atoms with E-state index in [1.54, 1.807) is 11.9 Å². The first kappa shape index (κ1) is 13.0. The molecule has 2 N–H and O–H groups in total. The van der Waals surface area contributed by atoms with Crippen LogP contribution in [0.5, 0.6) is 5.75 Å². The summed E-state index contributed by atoms with van der Waals surface area (Å²) in [7, 11) is 1.72. The zero-order valence-electron chi connectivity index (χ0n) is 11.0. The van der Waals surface area contributed by atoms with Crippen molar-refractivity contribution >= 4 is 28.9 Å². The third kappa shape index (κ3) is 1.81. The molecular weight excluding hydrogens is 252 g/mol. The van der Waals surface area contributed by atoms with Crippen molar-refractivity contribution in [3.8, 4) is 5.75 Å². The number of benzene rings is 1. The first-order valence-electron chi connectivity index (χ1n) is 5.86. The summed E-state index contributed by atoms with van der Waals surface area (Å²) in [5.41, 5.74) is 8.87. The second-order valence-corrected chi connectivity index (χ2v) is 5.12. The molecule has 0 bridgehead atoms. The number of ether oxygens (including phenoxy) is 1. The number of hydrogen-bond acceptors (Lipinski definition) is 3. The number of nitrogens with zero attached hydrogens (tertiary/aromatic N) is 1. The van der Waals surface area contributed by atoms with Crippen LogP contribution in [0.4, 0.5) is 11.4 Å². The molecule has 1 aromatic carbocycles. The van der Waals surface area contributed by atoms with Crippen LogP contribution in [0, 0.1) is 13.8 Å². The Balaban J connectivity index is 2.76. The van der Waals surface area contributed by atoms with Crippen LogP contribution < -0.4 is 15.4 Å². The van der Waals surface area contributed by atoms with Gasteiger partial charge in [0, 0.05) is 7.05 Å². The molecule has 1 heterocycles. The number of halogens is 1. The predicted octanol–water partition coefficient (Wildman–Crippen LogP) is 2.67. The van der Waals surface area contributed by atoms with Crippen molar-refractivity contribution in [3.05, 3.63) is 16.1 Å². The minimum atomic E-state index is -0.191. The molecule has 1 aliphatic heterocycles. The minimum Gasteiger partial charge on any atom is -0.486 e. The molecule has 1 aromatic rings. The van der Waals surface area contributed by atoms with Gasteiger partial charge in [-0.15, -0.1) is 0 Å². The molecule has 1 atom stereocenters. The predicted molar refractivity (Wildman–Crippen MR) is 73.5 cm³/mol. The standard InChI is InChI=1S/C13H17ClN2O2/c1-6-5-9(17)16(4)12-8(3)10(14)7(2)11(15)13(12)18-6/h6H,5,15H2,1-4H3. The van der Waals surface area contributed by atoms with Gasteiger partial charge >= 0.3 is 0 Å². The maximum atomic E-state index is 12.0. The summed E-state index contributed by atoms with van der Waals surface area (Å²) in [4.78, 5) is 13.6. The van der Waals surface area contributed by atoms with E-state index in [0.29, 0.717) is 28.6 Å². The molecule has 4 nitrogen and oxygen atoms in total. The van der Waals surface area contributed by atoms with Crippen molar-refractivity contribution in [3.63, 3.8) is 0 Å². The number of anilines is 2. The van der Waals surface area contributed by atoms with Crippen molar-refractivity contribution < 1.29 is 9.53 Å². The van der Waals surface area contributed by atoms with E-state index in [1.165, 1.54) is 0 Å². The highest BCUT2D eigenvalue weighted by molar-refractivity contribution is 6.33. The highest BCUT2D eigenvalue weighted by atomic mass is 35.5. The summed E-state index contributed by atoms with van der Waals surface area (Å²) < 4.78 is 5.80. The fourth-order valence-corrected chi connectivity index (χ4v) is 2.44. The average Bonchev–Trinajstić information content (AvgIpc) is 2.42. The average molecular weight is 269 g/mol. The molecule has 0 spiro atoms. The summed E-state index contributed by atoms with van der Waals surface area (Å²) >= 11 is 6.25. The number of nitrogen functional groups attached to an aromatic ring is 1. The van der Waals surface area contributed by atoms with E-state index < -0.39 is 0 Å². The molecule has 0 fully saturated rings. The molecule has 98 valence electrons. The lowest BCUT2D eigenvalue weighted by Crippen LogP contribution is -2.27. The molecule has 0 saturated heterocycles. The third-order valence-electron chi connectivity index (χ3n) is 3.37. The monoisotopic (exact) mass is 268 g/mol. The summed E-state index contributed by atoms with van der Waals surface area (Å²) in [6.07, 6.45) is 0.143. The zero-order chi connectivity index (χ0) is 13.6. The van der Waals surface area contributed by atoms with E-state index in [2.05, 4.69) is 0 Å². The fourth-order valence-electron chi connectivity index (χ4n) is 2.25. The lowest BCUT2D eigenvalue weighted by atomic mass is 10.1. The maximum Gasteiger partial charge on any atom is 0.230 e. The van der Waals surface area contributed by atoms with Gasteiger partial charge in [0.05, 0.1) is 22.8 Å². The van der Waals surface area contributed by atoms with Crippen molar-refractivity contribution in [2.75, 3.05) is 17.7 Å². The SMILES string of the molecule is Cc1c(N)c2c(c(C)c1Cl)N(C)C(=O)CC(C)O2. The van der Waals surface area contributed by atoms with Gasteiger partial charge in [-0.1, -0.05) is 11.6 Å². The zero-order valence-corrected chi connectivity index (χ0v) is 11.8. The van der Waals surface area contributed by atoms with Crippen molar-refractivity contribution in [2.24, 2.45) is 0 Å². The number of nitrogens with two attached hydrogens (primary N) is 1. The number of hydrogen-bond donors (Lipinski definition) is 1. The lowest BCUT2D eigenvalue weighted by Gasteiger charge is -2.22. The Bertz CT molecular complexity index is 528. The van der Waals surface area contributed by atoms with Crippen LogP contribution in [0.25, 0.3) is 0 Å². The van der Waals surface area contributed by atoms with Crippen LogP contribution in [-0.4, -0.2) is 19.1 Å². The van der Waals surface area contributed by atoms with Gasteiger partial charge < -0.3 is 15.4 Å². The Labute approximate surface area is 112 Å². The van der Waals surface area contributed by atoms with Crippen LogP contribution in [0.1, 0.15) is 24.5 Å². The number of fused-ring (bicyclic) bond motifs is 1. The largest absolute Gasteiger partial charge is 0.486 e. The molecule has 2 rings (SSSR count). The van der Waals surface area contributed by atoms with Gasteiger partial charge in [0.25, 0.3) is 0 Å². The lowest BCUT2D eigenvalue weighted by molar-refractivity contribution is -0.119. The summed E-state index contributed by atoms with van der Waals surface area (Å²) in [6.45, 7) is 5.59. The Morgan fingerprint density at radius 2 is 2.00 bits per heavy atom. The minimum absolute atomic E-state index is 0.00340. The van der Waals surface area contributed by atoms with Gasteiger partial charge in [0.2, 0.25) is 5.91 Å². The quantitative estimate of drug-likeness (QED) is 0.736. The van der Waals surface area contributed by atoms with E-state index in [4.69, 9.17) is 22.1 Å². The second-order valence-electron chi connectivity index (χ2n) is 4.74. The molecule has 1 aliphatic rings. The smallest absolute Gasteiger partial charge is 0.230 e. The Hall–Kier alpha value is -1.42. The van der Waals surface area contributed by atoms with Gasteiger partial charge in [0.15, 0.2) is 5.75 Å². The number of carbonyl (C=O) groups excluding carboxylic acids is 1. The van der Waals surface area contributed by atoms with Gasteiger partial charge in [-0.25, -0.2) is 0 Å². The van der Waals surface area contributed by atoms with E-state index in [-0.39, 0.29) is 12.0 Å². The number of carbonyl (C=O) groups is 1. The topological polar surface area (TPSA) is 55.6 Å². The van der Waals surface area contributed by atoms with Crippen molar-refractivity contribution in [1.82, 2.24) is 0 Å². The summed E-state index contributed by atoms with van der Waals surface area (Å²) in [5, 5.41) is 0.587. The highest BCUT2D eigenvalue weighted by Gasteiger charge is 2.29. The van der Waals surface area contributed by atoms with E-state index in [9.17, 15) is 4.79 Å². The van der Waals surface area contributed by atoms with Gasteiger partial charge in [0.1, 0.15) is 6.10 Å². The summed E-state index contributed by atoms with van der Waals surface area (Å²) in [6, 6.07) is 0. The van der Waals surface area contributed by atoms with Crippen LogP contribution in [0.2, 0.25) is 5.02 Å². The normalized spacial score (nSPS) is 19.3. The Kier molecular flexibility index (Phi) is 3.15. The maximum absolute atomic E-state index is 12.0. The van der Waals surface area contributed by atoms with E-state index in [0.717, 1.165) is 11.1 Å². The van der Waals surface area contributed by atoms with Crippen molar-refractivity contribution in [1.29, 1.82) is 0 Å². The third-order valence-corrected chi connectivity index (χ3v) is 3.93. The first-order valence-corrected chi connectivity index (χ1v) is 6.23. The van der Waals surface area contributed by atoms with Crippen molar-refractivity contribution in [2.45, 2.75) is 33.3 Å². The molecular formula is C13H17ClN2O2. The molecule has 1 unspecified atom stereocenters. The molecule has 5 heteroatoms. The van der Waals surface area contributed by atoms with E-state index in [1.807, 2.05) is 20.8 Å². The molecule has 18 heavy (non-hydrogen) atoms. The first-order chi connectivity index (χ1) is 8.34. The summed E-state index contributed by atoms with van der Waals surface area (Å²) in [5.74, 6) is 0.568. The van der Waals surface area contributed by atoms with Crippen LogP contribution in [0.15, 0.2) is 0 Å². The van der Waals surface area contributed by atoms with Crippen LogP contribution >= 0.6 is 11.6 Å². The molecule has 0 saturated carbocycles. The Morgan fingerprint density at radius 1 is 1.39 bits per heavy atom. The molecule has 0 radical (unpaired) electrons. The van der Waals surface area contributed by atoms with Gasteiger partial charge in [-0.2, -0.15) is 0 Å². The second kappa shape index (κ2) is 4.35. The van der Waals surface area contributed by atoms with Crippen LogP contribution in [0.3, 0.4) is 0 Å². The Morgan fingerprint density at radius 3 is 2.61 bits per heavy atom. The molecule has 0 aromatic heterocycles. The molecule has 1 amide bonds. The number of rotatable bonds is 0. The van der Waals surface area contributed by atoms with Gasteiger partial charge in [-0.05, 0) is 31.9 Å².